The zero-order valence-corrected chi connectivity index (χ0v) is 13.7. The number of benzene rings is 1. The van der Waals surface area contributed by atoms with Crippen LogP contribution in [0.4, 0.5) is 22.0 Å². The second-order valence-electron chi connectivity index (χ2n) is 7.16. The van der Waals surface area contributed by atoms with Crippen molar-refractivity contribution >= 4 is 5.97 Å². The molecule has 2 aliphatic carbocycles. The number of rotatable bonds is 4. The molecule has 1 heterocycles. The predicted octanol–water partition coefficient (Wildman–Crippen LogP) is 3.43. The second-order valence-corrected chi connectivity index (χ2v) is 7.16. The van der Waals surface area contributed by atoms with E-state index < -0.39 is 40.8 Å². The lowest BCUT2D eigenvalue weighted by molar-refractivity contribution is -0.135. The topological polar surface area (TPSA) is 29.5 Å². The lowest BCUT2D eigenvalue weighted by Gasteiger charge is -2.17. The normalized spacial score (nSPS) is 29.4. The first kappa shape index (κ1) is 17.5. The van der Waals surface area contributed by atoms with E-state index in [1.165, 1.54) is 6.42 Å². The Morgan fingerprint density at radius 2 is 1.42 bits per heavy atom. The molecule has 4 unspecified atom stereocenters. The summed E-state index contributed by atoms with van der Waals surface area (Å²) in [6.45, 7) is 2.00. The van der Waals surface area contributed by atoms with Crippen LogP contribution in [0.2, 0.25) is 0 Å². The fraction of sp³-hybridized carbons (Fsp3) is 0.500. The molecule has 0 radical (unpaired) electrons. The lowest BCUT2D eigenvalue weighted by atomic mass is 9.86. The van der Waals surface area contributed by atoms with E-state index in [4.69, 9.17) is 0 Å². The maximum Gasteiger partial charge on any atom is 0.312 e. The largest absolute Gasteiger partial charge is 0.420 e. The molecule has 4 atom stereocenters. The second kappa shape index (κ2) is 6.33. The van der Waals surface area contributed by atoms with Gasteiger partial charge in [0, 0.05) is 19.6 Å². The van der Waals surface area contributed by atoms with E-state index in [9.17, 15) is 26.7 Å². The fourth-order valence-corrected chi connectivity index (χ4v) is 4.51. The van der Waals surface area contributed by atoms with Crippen LogP contribution in [0, 0.1) is 52.8 Å². The van der Waals surface area contributed by atoms with Gasteiger partial charge in [-0.2, -0.15) is 8.78 Å². The van der Waals surface area contributed by atoms with Crippen molar-refractivity contribution in [1.82, 2.24) is 4.90 Å². The fourth-order valence-electron chi connectivity index (χ4n) is 4.51. The molecule has 3 aliphatic rings. The summed E-state index contributed by atoms with van der Waals surface area (Å²) in [5.41, 5.74) is 0. The minimum Gasteiger partial charge on any atom is -0.420 e. The summed E-state index contributed by atoms with van der Waals surface area (Å²) in [6.07, 6.45) is 5.48. The molecule has 8 heteroatoms. The van der Waals surface area contributed by atoms with Crippen LogP contribution in [0.5, 0.6) is 5.75 Å². The molecule has 1 saturated heterocycles. The number of fused-ring (bicyclic) bond motifs is 5. The average molecular weight is 373 g/mol. The minimum absolute atomic E-state index is 0.193. The molecular weight excluding hydrogens is 357 g/mol. The van der Waals surface area contributed by atoms with E-state index in [2.05, 4.69) is 21.8 Å². The van der Waals surface area contributed by atoms with Crippen molar-refractivity contribution in [3.05, 3.63) is 41.2 Å². The summed E-state index contributed by atoms with van der Waals surface area (Å²) in [5.74, 6) is -11.1. The molecule has 2 bridgehead atoms. The molecular formula is C18H16F5NO2. The van der Waals surface area contributed by atoms with Gasteiger partial charge in [-0.15, -0.1) is 0 Å². The molecule has 26 heavy (non-hydrogen) atoms. The van der Waals surface area contributed by atoms with Gasteiger partial charge in [0.15, 0.2) is 0 Å². The van der Waals surface area contributed by atoms with E-state index in [1.54, 1.807) is 0 Å². The number of ether oxygens (including phenoxy) is 1. The van der Waals surface area contributed by atoms with Gasteiger partial charge in [0.25, 0.3) is 0 Å². The standard InChI is InChI=1S/C18H16F5NO2/c19-13-14(20)16(22)18(17(23)15(13)21)26-12(25)3-4-24-6-10-8-1-2-9(5-8)11(10)7-24/h1-2,8-11H,3-7H2. The molecule has 1 aliphatic heterocycles. The van der Waals surface area contributed by atoms with E-state index in [0.29, 0.717) is 30.2 Å². The summed E-state index contributed by atoms with van der Waals surface area (Å²) in [7, 11) is 0. The Morgan fingerprint density at radius 3 is 1.96 bits per heavy atom. The number of carbonyl (C=O) groups is 1. The number of nitrogens with zero attached hydrogens (tertiary/aromatic N) is 1. The smallest absolute Gasteiger partial charge is 0.312 e. The average Bonchev–Trinajstić information content (AvgIpc) is 3.33. The zero-order chi connectivity index (χ0) is 18.6. The number of halogens is 5. The van der Waals surface area contributed by atoms with Crippen LogP contribution in [0.25, 0.3) is 0 Å². The number of allylic oxidation sites excluding steroid dienone is 2. The van der Waals surface area contributed by atoms with Crippen LogP contribution in [-0.4, -0.2) is 30.5 Å². The maximum absolute atomic E-state index is 13.5. The summed E-state index contributed by atoms with van der Waals surface area (Å²) in [6, 6.07) is 0. The quantitative estimate of drug-likeness (QED) is 0.202. The third-order valence-electron chi connectivity index (χ3n) is 5.76. The number of hydrogen-bond acceptors (Lipinski definition) is 3. The first-order valence-corrected chi connectivity index (χ1v) is 8.49. The Labute approximate surface area is 146 Å². The van der Waals surface area contributed by atoms with Crippen molar-refractivity contribution in [2.45, 2.75) is 12.8 Å². The van der Waals surface area contributed by atoms with Crippen molar-refractivity contribution in [3.8, 4) is 5.75 Å². The van der Waals surface area contributed by atoms with Crippen molar-refractivity contribution in [2.24, 2.45) is 23.7 Å². The summed E-state index contributed by atoms with van der Waals surface area (Å²) >= 11 is 0. The Kier molecular flexibility index (Phi) is 4.25. The third-order valence-corrected chi connectivity index (χ3v) is 5.76. The monoisotopic (exact) mass is 373 g/mol. The molecule has 0 amide bonds. The molecule has 4 rings (SSSR count). The molecule has 3 nitrogen and oxygen atoms in total. The highest BCUT2D eigenvalue weighted by atomic mass is 19.2. The molecule has 2 fully saturated rings. The van der Waals surface area contributed by atoms with Crippen LogP contribution in [0.1, 0.15) is 12.8 Å². The molecule has 1 aromatic carbocycles. The third kappa shape index (κ3) is 2.71. The molecule has 1 aromatic rings. The number of carbonyl (C=O) groups excluding carboxylic acids is 1. The van der Waals surface area contributed by atoms with E-state index in [-0.39, 0.29) is 6.42 Å². The van der Waals surface area contributed by atoms with Gasteiger partial charge in [-0.1, -0.05) is 12.2 Å². The van der Waals surface area contributed by atoms with E-state index >= 15 is 0 Å². The Morgan fingerprint density at radius 1 is 0.923 bits per heavy atom. The SMILES string of the molecule is O=C(CCN1CC2C3C=CC(C3)C2C1)Oc1c(F)c(F)c(F)c(F)c1F. The van der Waals surface area contributed by atoms with E-state index in [0.717, 1.165) is 13.1 Å². The molecule has 0 aromatic heterocycles. The van der Waals surface area contributed by atoms with Crippen molar-refractivity contribution in [2.75, 3.05) is 19.6 Å². The Hall–Kier alpha value is -1.96. The minimum atomic E-state index is -2.29. The lowest BCUT2D eigenvalue weighted by Crippen LogP contribution is -2.27. The van der Waals surface area contributed by atoms with Crippen LogP contribution >= 0.6 is 0 Å². The molecule has 0 spiro atoms. The van der Waals surface area contributed by atoms with Crippen LogP contribution in [0.15, 0.2) is 12.2 Å². The van der Waals surface area contributed by atoms with Gasteiger partial charge in [-0.3, -0.25) is 4.79 Å². The Bertz CT molecular complexity index is 747. The summed E-state index contributed by atoms with van der Waals surface area (Å²) in [4.78, 5) is 13.9. The van der Waals surface area contributed by atoms with Crippen molar-refractivity contribution in [1.29, 1.82) is 0 Å². The van der Waals surface area contributed by atoms with Gasteiger partial charge in [0.1, 0.15) is 0 Å². The summed E-state index contributed by atoms with van der Waals surface area (Å²) in [5, 5.41) is 0. The predicted molar refractivity (Wildman–Crippen MR) is 80.6 cm³/mol. The zero-order valence-electron chi connectivity index (χ0n) is 13.7. The highest BCUT2D eigenvalue weighted by molar-refractivity contribution is 5.72. The van der Waals surface area contributed by atoms with Gasteiger partial charge >= 0.3 is 5.97 Å². The van der Waals surface area contributed by atoms with Crippen LogP contribution < -0.4 is 4.74 Å². The van der Waals surface area contributed by atoms with Gasteiger partial charge in [0.2, 0.25) is 34.8 Å². The van der Waals surface area contributed by atoms with Gasteiger partial charge < -0.3 is 9.64 Å². The van der Waals surface area contributed by atoms with Gasteiger partial charge in [-0.25, -0.2) is 13.2 Å². The molecule has 0 N–H and O–H groups in total. The first-order chi connectivity index (χ1) is 12.4. The highest BCUT2D eigenvalue weighted by Gasteiger charge is 2.48. The van der Waals surface area contributed by atoms with E-state index in [1.807, 2.05) is 0 Å². The highest BCUT2D eigenvalue weighted by Crippen LogP contribution is 2.51. The first-order valence-electron chi connectivity index (χ1n) is 8.49. The Balaban J connectivity index is 1.36. The van der Waals surface area contributed by atoms with Gasteiger partial charge in [-0.05, 0) is 30.1 Å². The van der Waals surface area contributed by atoms with Crippen LogP contribution in [-0.2, 0) is 4.79 Å². The molecule has 140 valence electrons. The van der Waals surface area contributed by atoms with Gasteiger partial charge in [0.05, 0.1) is 6.42 Å². The molecule has 1 saturated carbocycles. The number of esters is 1. The summed E-state index contributed by atoms with van der Waals surface area (Å²) < 4.78 is 70.7. The number of likely N-dealkylation sites (tertiary alicyclic amines) is 1. The maximum atomic E-state index is 13.5. The van der Waals surface area contributed by atoms with Crippen molar-refractivity contribution in [3.63, 3.8) is 0 Å². The van der Waals surface area contributed by atoms with Crippen LogP contribution in [0.3, 0.4) is 0 Å². The number of hydrogen-bond donors (Lipinski definition) is 0. The van der Waals surface area contributed by atoms with Crippen molar-refractivity contribution < 1.29 is 31.5 Å².